The molecule has 0 N–H and O–H groups in total. The van der Waals surface area contributed by atoms with E-state index in [1.807, 2.05) is 0 Å². The van der Waals surface area contributed by atoms with Crippen LogP contribution in [0.1, 0.15) is 23.8 Å². The van der Waals surface area contributed by atoms with Gasteiger partial charge in [0.05, 0.1) is 5.69 Å². The predicted octanol–water partition coefficient (Wildman–Crippen LogP) is 4.12. The summed E-state index contributed by atoms with van der Waals surface area (Å²) in [6, 6.07) is 2.14. The maximum Gasteiger partial charge on any atom is 0.136 e. The van der Waals surface area contributed by atoms with Gasteiger partial charge >= 0.3 is 0 Å². The second-order valence-electron chi connectivity index (χ2n) is 3.69. The van der Waals surface area contributed by atoms with Crippen molar-refractivity contribution in [1.82, 2.24) is 9.97 Å². The SMILES string of the molecule is CCCc1c(Cl)ncnc1-c1csc(C)c1. The molecule has 0 aliphatic carbocycles. The first kappa shape index (κ1) is 11.6. The molecule has 0 saturated heterocycles. The molecule has 0 amide bonds. The van der Waals surface area contributed by atoms with E-state index in [4.69, 9.17) is 11.6 Å². The monoisotopic (exact) mass is 252 g/mol. The zero-order valence-electron chi connectivity index (χ0n) is 9.33. The van der Waals surface area contributed by atoms with Crippen LogP contribution in [-0.2, 0) is 6.42 Å². The lowest BCUT2D eigenvalue weighted by Crippen LogP contribution is -1.95. The highest BCUT2D eigenvalue weighted by atomic mass is 35.5. The van der Waals surface area contributed by atoms with Gasteiger partial charge < -0.3 is 0 Å². The van der Waals surface area contributed by atoms with Crippen molar-refractivity contribution in [1.29, 1.82) is 0 Å². The molecule has 0 aliphatic rings. The highest BCUT2D eigenvalue weighted by molar-refractivity contribution is 7.10. The van der Waals surface area contributed by atoms with Crippen molar-refractivity contribution >= 4 is 22.9 Å². The molecule has 0 unspecified atom stereocenters. The molecular weight excluding hydrogens is 240 g/mol. The second-order valence-corrected chi connectivity index (χ2v) is 5.16. The third kappa shape index (κ3) is 2.25. The standard InChI is InChI=1S/C12H13ClN2S/c1-3-4-10-11(14-7-15-12(10)13)9-5-8(2)16-6-9/h5-7H,3-4H2,1-2H3. The Morgan fingerprint density at radius 2 is 2.19 bits per heavy atom. The largest absolute Gasteiger partial charge is 0.236 e. The molecule has 2 nitrogen and oxygen atoms in total. The van der Waals surface area contributed by atoms with Gasteiger partial charge in [-0.3, -0.25) is 0 Å². The van der Waals surface area contributed by atoms with E-state index in [9.17, 15) is 0 Å². The van der Waals surface area contributed by atoms with Gasteiger partial charge in [0.25, 0.3) is 0 Å². The van der Waals surface area contributed by atoms with Crippen LogP contribution in [-0.4, -0.2) is 9.97 Å². The highest BCUT2D eigenvalue weighted by Crippen LogP contribution is 2.29. The van der Waals surface area contributed by atoms with Crippen molar-refractivity contribution in [3.63, 3.8) is 0 Å². The topological polar surface area (TPSA) is 25.8 Å². The second kappa shape index (κ2) is 4.93. The molecule has 2 aromatic heterocycles. The summed E-state index contributed by atoms with van der Waals surface area (Å²) in [5, 5.41) is 2.70. The zero-order valence-corrected chi connectivity index (χ0v) is 10.9. The van der Waals surface area contributed by atoms with Crippen LogP contribution in [0.25, 0.3) is 11.3 Å². The van der Waals surface area contributed by atoms with Crippen molar-refractivity contribution in [3.8, 4) is 11.3 Å². The van der Waals surface area contributed by atoms with E-state index in [-0.39, 0.29) is 0 Å². The Hall–Kier alpha value is -0.930. The van der Waals surface area contributed by atoms with Crippen molar-refractivity contribution in [2.24, 2.45) is 0 Å². The molecule has 0 radical (unpaired) electrons. The van der Waals surface area contributed by atoms with Gasteiger partial charge in [0, 0.05) is 21.4 Å². The smallest absolute Gasteiger partial charge is 0.136 e. The summed E-state index contributed by atoms with van der Waals surface area (Å²) < 4.78 is 0. The van der Waals surface area contributed by atoms with E-state index < -0.39 is 0 Å². The van der Waals surface area contributed by atoms with Crippen LogP contribution in [0.2, 0.25) is 5.15 Å². The van der Waals surface area contributed by atoms with E-state index in [2.05, 4.69) is 35.3 Å². The average Bonchev–Trinajstić information content (AvgIpc) is 2.68. The Morgan fingerprint density at radius 3 is 2.81 bits per heavy atom. The molecule has 84 valence electrons. The number of aromatic nitrogens is 2. The molecule has 4 heteroatoms. The van der Waals surface area contributed by atoms with Gasteiger partial charge in [0.2, 0.25) is 0 Å². The number of hydrogen-bond acceptors (Lipinski definition) is 3. The molecule has 2 heterocycles. The van der Waals surface area contributed by atoms with Crippen molar-refractivity contribution in [2.45, 2.75) is 26.7 Å². The first-order chi connectivity index (χ1) is 7.72. The molecule has 0 fully saturated rings. The fourth-order valence-corrected chi connectivity index (χ4v) is 2.59. The minimum Gasteiger partial charge on any atom is -0.236 e. The summed E-state index contributed by atoms with van der Waals surface area (Å²) in [5.74, 6) is 0. The highest BCUT2D eigenvalue weighted by Gasteiger charge is 2.11. The average molecular weight is 253 g/mol. The van der Waals surface area contributed by atoms with Gasteiger partial charge in [-0.2, -0.15) is 0 Å². The summed E-state index contributed by atoms with van der Waals surface area (Å²) in [5.41, 5.74) is 3.19. The number of halogens is 1. The Labute approximate surface area is 104 Å². The van der Waals surface area contributed by atoms with Crippen molar-refractivity contribution in [3.05, 3.63) is 33.4 Å². The third-order valence-electron chi connectivity index (χ3n) is 2.40. The lowest BCUT2D eigenvalue weighted by Gasteiger charge is -2.06. The molecular formula is C12H13ClN2S. The quantitative estimate of drug-likeness (QED) is 0.768. The number of thiophene rings is 1. The normalized spacial score (nSPS) is 10.7. The molecule has 0 saturated carbocycles. The van der Waals surface area contributed by atoms with Crippen LogP contribution in [0.3, 0.4) is 0 Å². The van der Waals surface area contributed by atoms with Crippen molar-refractivity contribution in [2.75, 3.05) is 0 Å². The van der Waals surface area contributed by atoms with E-state index >= 15 is 0 Å². The summed E-state index contributed by atoms with van der Waals surface area (Å²) in [6.07, 6.45) is 3.50. The maximum absolute atomic E-state index is 6.12. The van der Waals surface area contributed by atoms with Gasteiger partial charge in [0.1, 0.15) is 11.5 Å². The number of nitrogens with zero attached hydrogens (tertiary/aromatic N) is 2. The molecule has 0 atom stereocenters. The van der Waals surface area contributed by atoms with E-state index in [0.717, 1.165) is 29.7 Å². The van der Waals surface area contributed by atoms with Crippen LogP contribution in [0.15, 0.2) is 17.8 Å². The molecule has 2 aromatic rings. The Balaban J connectivity index is 2.51. The molecule has 0 spiro atoms. The fraction of sp³-hybridized carbons (Fsp3) is 0.333. The zero-order chi connectivity index (χ0) is 11.5. The number of aryl methyl sites for hydroxylation is 1. The lowest BCUT2D eigenvalue weighted by molar-refractivity contribution is 0.904. The van der Waals surface area contributed by atoms with Gasteiger partial charge in [-0.25, -0.2) is 9.97 Å². The van der Waals surface area contributed by atoms with Crippen LogP contribution in [0, 0.1) is 6.92 Å². The van der Waals surface area contributed by atoms with E-state index in [0.29, 0.717) is 5.15 Å². The first-order valence-electron chi connectivity index (χ1n) is 5.27. The summed E-state index contributed by atoms with van der Waals surface area (Å²) in [6.45, 7) is 4.22. The van der Waals surface area contributed by atoms with Crippen molar-refractivity contribution < 1.29 is 0 Å². The van der Waals surface area contributed by atoms with Gasteiger partial charge in [-0.15, -0.1) is 11.3 Å². The fourth-order valence-electron chi connectivity index (χ4n) is 1.68. The Bertz CT molecular complexity index is 494. The van der Waals surface area contributed by atoms with Crippen LogP contribution >= 0.6 is 22.9 Å². The lowest BCUT2D eigenvalue weighted by atomic mass is 10.1. The minimum atomic E-state index is 0.579. The predicted molar refractivity (Wildman–Crippen MR) is 69.1 cm³/mol. The molecule has 0 aromatic carbocycles. The summed E-state index contributed by atoms with van der Waals surface area (Å²) in [4.78, 5) is 9.69. The first-order valence-corrected chi connectivity index (χ1v) is 6.53. The molecule has 16 heavy (non-hydrogen) atoms. The van der Waals surface area contributed by atoms with Crippen LogP contribution in [0.5, 0.6) is 0 Å². The van der Waals surface area contributed by atoms with E-state index in [1.165, 1.54) is 11.2 Å². The Kier molecular flexibility index (Phi) is 3.56. The number of rotatable bonds is 3. The molecule has 0 aliphatic heterocycles. The van der Waals surface area contributed by atoms with Gasteiger partial charge in [-0.05, 0) is 19.4 Å². The summed E-state index contributed by atoms with van der Waals surface area (Å²) >= 11 is 7.85. The number of hydrogen-bond donors (Lipinski definition) is 0. The minimum absolute atomic E-state index is 0.579. The van der Waals surface area contributed by atoms with Crippen LogP contribution < -0.4 is 0 Å². The molecule has 2 rings (SSSR count). The van der Waals surface area contributed by atoms with E-state index in [1.54, 1.807) is 11.3 Å². The van der Waals surface area contributed by atoms with Gasteiger partial charge in [-0.1, -0.05) is 24.9 Å². The summed E-state index contributed by atoms with van der Waals surface area (Å²) in [7, 11) is 0. The maximum atomic E-state index is 6.12. The third-order valence-corrected chi connectivity index (χ3v) is 3.58. The Morgan fingerprint density at radius 1 is 1.38 bits per heavy atom. The molecule has 0 bridgehead atoms. The van der Waals surface area contributed by atoms with Gasteiger partial charge in [0.15, 0.2) is 0 Å². The van der Waals surface area contributed by atoms with Crippen LogP contribution in [0.4, 0.5) is 0 Å².